The topological polar surface area (TPSA) is 103 Å². The van der Waals surface area contributed by atoms with Crippen LogP contribution >= 0.6 is 0 Å². The minimum atomic E-state index is 0.125. The van der Waals surface area contributed by atoms with Crippen molar-refractivity contribution in [2.24, 2.45) is 0 Å². The van der Waals surface area contributed by atoms with E-state index in [-0.39, 0.29) is 12.6 Å². The van der Waals surface area contributed by atoms with Gasteiger partial charge >= 0.3 is 0 Å². The Labute approximate surface area is 172 Å². The molecule has 0 saturated carbocycles. The monoisotopic (exact) mass is 404 g/mol. The Hall–Kier alpha value is -3.75. The van der Waals surface area contributed by atoms with Crippen LogP contribution < -0.4 is 9.64 Å². The third-order valence-electron chi connectivity index (χ3n) is 5.12. The maximum Gasteiger partial charge on any atom is 0.259 e. The molecular formula is C21H20N6O3. The van der Waals surface area contributed by atoms with Gasteiger partial charge in [-0.2, -0.15) is 4.98 Å². The number of benzene rings is 1. The maximum atomic E-state index is 5.66. The number of aryl methyl sites for hydroxylation is 1. The Morgan fingerprint density at radius 1 is 1.10 bits per heavy atom. The molecule has 1 fully saturated rings. The first-order valence-electron chi connectivity index (χ1n) is 9.80. The summed E-state index contributed by atoms with van der Waals surface area (Å²) < 4.78 is 15.9. The van der Waals surface area contributed by atoms with E-state index in [1.807, 2.05) is 49.4 Å². The van der Waals surface area contributed by atoms with Gasteiger partial charge in [0.25, 0.3) is 5.89 Å². The molecule has 1 saturated heterocycles. The zero-order valence-electron chi connectivity index (χ0n) is 16.4. The molecule has 1 aliphatic heterocycles. The Morgan fingerprint density at radius 2 is 2.00 bits per heavy atom. The van der Waals surface area contributed by atoms with Gasteiger partial charge in [0, 0.05) is 12.7 Å². The molecule has 152 valence electrons. The highest BCUT2D eigenvalue weighted by atomic mass is 16.6. The average Bonchev–Trinajstić information content (AvgIpc) is 3.54. The van der Waals surface area contributed by atoms with Crippen LogP contribution in [0.4, 0.5) is 5.82 Å². The van der Waals surface area contributed by atoms with Crippen molar-refractivity contribution in [2.45, 2.75) is 32.4 Å². The van der Waals surface area contributed by atoms with E-state index in [2.05, 4.69) is 30.3 Å². The fourth-order valence-electron chi connectivity index (χ4n) is 3.64. The zero-order chi connectivity index (χ0) is 20.3. The Kier molecular flexibility index (Phi) is 4.84. The van der Waals surface area contributed by atoms with Crippen molar-refractivity contribution in [1.82, 2.24) is 25.4 Å². The summed E-state index contributed by atoms with van der Waals surface area (Å²) in [6.07, 6.45) is 3.80. The molecule has 0 bridgehead atoms. The quantitative estimate of drug-likeness (QED) is 0.475. The van der Waals surface area contributed by atoms with Gasteiger partial charge in [0.05, 0.1) is 11.6 Å². The van der Waals surface area contributed by atoms with Crippen LogP contribution in [0.3, 0.4) is 0 Å². The number of para-hydroxylation sites is 1. The van der Waals surface area contributed by atoms with E-state index in [1.165, 1.54) is 0 Å². The highest BCUT2D eigenvalue weighted by molar-refractivity contribution is 5.55. The summed E-state index contributed by atoms with van der Waals surface area (Å²) in [6.45, 7) is 3.05. The molecule has 1 aromatic carbocycles. The molecule has 0 radical (unpaired) electrons. The van der Waals surface area contributed by atoms with Crippen molar-refractivity contribution in [3.63, 3.8) is 0 Å². The summed E-state index contributed by atoms with van der Waals surface area (Å²) >= 11 is 0. The number of rotatable bonds is 6. The molecule has 9 nitrogen and oxygen atoms in total. The molecule has 3 aromatic heterocycles. The van der Waals surface area contributed by atoms with E-state index >= 15 is 0 Å². The summed E-state index contributed by atoms with van der Waals surface area (Å²) in [5.74, 6) is 2.52. The van der Waals surface area contributed by atoms with Crippen molar-refractivity contribution in [3.05, 3.63) is 65.9 Å². The summed E-state index contributed by atoms with van der Waals surface area (Å²) in [4.78, 5) is 11.2. The number of ether oxygens (including phenoxy) is 1. The molecule has 0 spiro atoms. The largest absolute Gasteiger partial charge is 0.485 e. The molecule has 0 amide bonds. The highest BCUT2D eigenvalue weighted by Crippen LogP contribution is 2.35. The standard InChI is InChI=1S/C21H20N6O3/c1-14-20(26-30-24-14)17-8-5-11-27(17)19-10-9-15(12-22-19)21-23-18(25-29-21)13-28-16-6-3-2-4-7-16/h2-4,6-7,9-10,12,17H,5,8,11,13H2,1H3/t17-/m1/s1. The molecule has 0 aliphatic carbocycles. The predicted molar refractivity (Wildman–Crippen MR) is 107 cm³/mol. The number of aromatic nitrogens is 5. The summed E-state index contributed by atoms with van der Waals surface area (Å²) in [7, 11) is 0. The van der Waals surface area contributed by atoms with E-state index in [0.29, 0.717) is 11.7 Å². The fraction of sp³-hybridized carbons (Fsp3) is 0.286. The van der Waals surface area contributed by atoms with E-state index < -0.39 is 0 Å². The molecule has 1 atom stereocenters. The fourth-order valence-corrected chi connectivity index (χ4v) is 3.64. The minimum absolute atomic E-state index is 0.125. The van der Waals surface area contributed by atoms with Crippen LogP contribution in [0.15, 0.2) is 57.8 Å². The van der Waals surface area contributed by atoms with Crippen LogP contribution in [0.5, 0.6) is 5.75 Å². The Morgan fingerprint density at radius 3 is 2.77 bits per heavy atom. The second kappa shape index (κ2) is 7.94. The van der Waals surface area contributed by atoms with Gasteiger partial charge < -0.3 is 14.2 Å². The van der Waals surface area contributed by atoms with Crippen LogP contribution in [0.25, 0.3) is 11.5 Å². The first-order chi connectivity index (χ1) is 14.8. The Bertz CT molecular complexity index is 1110. The molecule has 30 heavy (non-hydrogen) atoms. The van der Waals surface area contributed by atoms with Crippen molar-refractivity contribution in [1.29, 1.82) is 0 Å². The molecule has 9 heteroatoms. The Balaban J connectivity index is 1.28. The van der Waals surface area contributed by atoms with Crippen molar-refractivity contribution >= 4 is 5.82 Å². The lowest BCUT2D eigenvalue weighted by atomic mass is 10.1. The van der Waals surface area contributed by atoms with E-state index in [1.54, 1.807) is 6.20 Å². The summed E-state index contributed by atoms with van der Waals surface area (Å²) in [6, 6.07) is 13.5. The second-order valence-electron chi connectivity index (χ2n) is 7.11. The maximum absolute atomic E-state index is 5.66. The van der Waals surface area contributed by atoms with Gasteiger partial charge in [0.1, 0.15) is 23.0 Å². The van der Waals surface area contributed by atoms with Crippen LogP contribution in [0.1, 0.15) is 36.1 Å². The van der Waals surface area contributed by atoms with Crippen LogP contribution in [0.2, 0.25) is 0 Å². The molecule has 4 aromatic rings. The van der Waals surface area contributed by atoms with Gasteiger partial charge in [-0.25, -0.2) is 9.61 Å². The molecule has 1 aliphatic rings. The molecule has 0 unspecified atom stereocenters. The molecule has 5 rings (SSSR count). The third kappa shape index (κ3) is 3.61. The first kappa shape index (κ1) is 18.3. The predicted octanol–water partition coefficient (Wildman–Crippen LogP) is 3.74. The van der Waals surface area contributed by atoms with E-state index in [0.717, 1.165) is 47.9 Å². The van der Waals surface area contributed by atoms with Gasteiger partial charge in [-0.3, -0.25) is 0 Å². The summed E-state index contributed by atoms with van der Waals surface area (Å²) in [5, 5.41) is 12.0. The van der Waals surface area contributed by atoms with Gasteiger partial charge in [-0.05, 0) is 44.0 Å². The number of nitrogens with zero attached hydrogens (tertiary/aromatic N) is 6. The van der Waals surface area contributed by atoms with Crippen LogP contribution in [0, 0.1) is 6.92 Å². The number of hydrogen-bond acceptors (Lipinski definition) is 9. The lowest BCUT2D eigenvalue weighted by Gasteiger charge is -2.24. The van der Waals surface area contributed by atoms with Crippen LogP contribution in [-0.2, 0) is 6.61 Å². The van der Waals surface area contributed by atoms with Gasteiger partial charge in [0.2, 0.25) is 5.82 Å². The average molecular weight is 404 g/mol. The van der Waals surface area contributed by atoms with Crippen molar-refractivity contribution < 1.29 is 13.9 Å². The van der Waals surface area contributed by atoms with E-state index in [4.69, 9.17) is 13.9 Å². The molecule has 0 N–H and O–H groups in total. The third-order valence-corrected chi connectivity index (χ3v) is 5.12. The SMILES string of the molecule is Cc1nonc1[C@H]1CCCN1c1ccc(-c2nc(COc3ccccc3)no2)cn1. The van der Waals surface area contributed by atoms with Crippen molar-refractivity contribution in [3.8, 4) is 17.2 Å². The molecular weight excluding hydrogens is 384 g/mol. The van der Waals surface area contributed by atoms with Gasteiger partial charge in [0.15, 0.2) is 6.61 Å². The van der Waals surface area contributed by atoms with Gasteiger partial charge in [-0.1, -0.05) is 33.7 Å². The minimum Gasteiger partial charge on any atom is -0.485 e. The lowest BCUT2D eigenvalue weighted by molar-refractivity contribution is 0.287. The van der Waals surface area contributed by atoms with Crippen LogP contribution in [-0.4, -0.2) is 32.0 Å². The highest BCUT2D eigenvalue weighted by Gasteiger charge is 2.31. The normalized spacial score (nSPS) is 16.2. The second-order valence-corrected chi connectivity index (χ2v) is 7.11. The summed E-state index contributed by atoms with van der Waals surface area (Å²) in [5.41, 5.74) is 2.45. The number of hydrogen-bond donors (Lipinski definition) is 0. The van der Waals surface area contributed by atoms with Gasteiger partial charge in [-0.15, -0.1) is 0 Å². The first-order valence-corrected chi connectivity index (χ1v) is 9.80. The number of pyridine rings is 1. The lowest BCUT2D eigenvalue weighted by Crippen LogP contribution is -2.24. The number of anilines is 1. The van der Waals surface area contributed by atoms with E-state index in [9.17, 15) is 0 Å². The molecule has 4 heterocycles. The zero-order valence-corrected chi connectivity index (χ0v) is 16.4. The smallest absolute Gasteiger partial charge is 0.259 e. The van der Waals surface area contributed by atoms with Crippen molar-refractivity contribution in [2.75, 3.05) is 11.4 Å².